The van der Waals surface area contributed by atoms with Crippen LogP contribution in [0.2, 0.25) is 5.02 Å². The van der Waals surface area contributed by atoms with Crippen molar-refractivity contribution in [1.29, 1.82) is 0 Å². The van der Waals surface area contributed by atoms with Gasteiger partial charge in [-0.15, -0.1) is 0 Å². The fourth-order valence-electron chi connectivity index (χ4n) is 2.44. The number of nitrogens with zero attached hydrogens (tertiary/aromatic N) is 1. The summed E-state index contributed by atoms with van der Waals surface area (Å²) < 4.78 is 35.5. The number of hydrogen-bond acceptors (Lipinski definition) is 5. The lowest BCUT2D eigenvalue weighted by atomic mass is 10.2. The fraction of sp³-hybridized carbons (Fsp3) is 0.600. The molecule has 0 atom stereocenters. The minimum Gasteiger partial charge on any atom is -0.486 e. The number of halogens is 1. The van der Waals surface area contributed by atoms with Gasteiger partial charge >= 0.3 is 0 Å². The van der Waals surface area contributed by atoms with Crippen LogP contribution in [0.1, 0.15) is 18.9 Å². The first kappa shape index (κ1) is 18.3. The Bertz CT molecular complexity index is 637. The van der Waals surface area contributed by atoms with Crippen molar-refractivity contribution < 1.29 is 17.9 Å². The standard InChI is InChI=1S/C15H23ClN2O4S/c1-3-18(23(2,19)20)6-4-5-17-11-12-9-13(16)15-14(10-12)21-7-8-22-15/h9-10,17H,3-8,11H2,1-2H3. The number of sulfonamides is 1. The average Bonchev–Trinajstić information content (AvgIpc) is 2.49. The minimum atomic E-state index is -3.11. The number of hydrogen-bond donors (Lipinski definition) is 1. The predicted molar refractivity (Wildman–Crippen MR) is 90.9 cm³/mol. The molecule has 0 aromatic heterocycles. The van der Waals surface area contributed by atoms with Crippen molar-refractivity contribution in [3.05, 3.63) is 22.7 Å². The van der Waals surface area contributed by atoms with Crippen molar-refractivity contribution in [1.82, 2.24) is 9.62 Å². The lowest BCUT2D eigenvalue weighted by Crippen LogP contribution is -2.32. The van der Waals surface area contributed by atoms with Crippen LogP contribution in [0.4, 0.5) is 0 Å². The van der Waals surface area contributed by atoms with Crippen LogP contribution in [0.3, 0.4) is 0 Å². The summed E-state index contributed by atoms with van der Waals surface area (Å²) in [5.74, 6) is 1.28. The second-order valence-corrected chi connectivity index (χ2v) is 7.78. The van der Waals surface area contributed by atoms with Crippen molar-refractivity contribution in [2.75, 3.05) is 39.1 Å². The van der Waals surface area contributed by atoms with Crippen LogP contribution in [-0.4, -0.2) is 51.8 Å². The van der Waals surface area contributed by atoms with Gasteiger partial charge in [-0.25, -0.2) is 12.7 Å². The van der Waals surface area contributed by atoms with Crippen molar-refractivity contribution >= 4 is 21.6 Å². The molecule has 0 saturated carbocycles. The zero-order valence-electron chi connectivity index (χ0n) is 13.5. The second-order valence-electron chi connectivity index (χ2n) is 5.39. The molecule has 1 heterocycles. The molecule has 1 N–H and O–H groups in total. The van der Waals surface area contributed by atoms with E-state index in [-0.39, 0.29) is 0 Å². The molecule has 1 aromatic carbocycles. The van der Waals surface area contributed by atoms with Crippen LogP contribution in [0.5, 0.6) is 11.5 Å². The molecule has 0 amide bonds. The Morgan fingerprint density at radius 1 is 1.30 bits per heavy atom. The van der Waals surface area contributed by atoms with Crippen LogP contribution in [0.25, 0.3) is 0 Å². The molecule has 8 heteroatoms. The molecule has 0 fully saturated rings. The number of rotatable bonds is 8. The molecule has 0 unspecified atom stereocenters. The fourth-order valence-corrected chi connectivity index (χ4v) is 3.66. The van der Waals surface area contributed by atoms with Crippen LogP contribution in [-0.2, 0) is 16.6 Å². The number of nitrogens with one attached hydrogen (secondary N) is 1. The maximum atomic E-state index is 11.5. The molecule has 0 radical (unpaired) electrons. The molecule has 0 spiro atoms. The summed E-state index contributed by atoms with van der Waals surface area (Å²) in [6, 6.07) is 3.78. The van der Waals surface area contributed by atoms with Gasteiger partial charge < -0.3 is 14.8 Å². The van der Waals surface area contributed by atoms with E-state index in [2.05, 4.69) is 5.32 Å². The lowest BCUT2D eigenvalue weighted by molar-refractivity contribution is 0.171. The zero-order valence-corrected chi connectivity index (χ0v) is 15.0. The van der Waals surface area contributed by atoms with E-state index in [9.17, 15) is 8.42 Å². The summed E-state index contributed by atoms with van der Waals surface area (Å²) in [6.07, 6.45) is 1.99. The summed E-state index contributed by atoms with van der Waals surface area (Å²) in [7, 11) is -3.11. The average molecular weight is 363 g/mol. The van der Waals surface area contributed by atoms with Gasteiger partial charge in [0, 0.05) is 19.6 Å². The largest absolute Gasteiger partial charge is 0.486 e. The molecule has 1 aliphatic heterocycles. The van der Waals surface area contributed by atoms with Gasteiger partial charge in [0.1, 0.15) is 13.2 Å². The molecular weight excluding hydrogens is 340 g/mol. The van der Waals surface area contributed by atoms with Crippen LogP contribution in [0.15, 0.2) is 12.1 Å². The quantitative estimate of drug-likeness (QED) is 0.715. The van der Waals surface area contributed by atoms with Gasteiger partial charge in [-0.05, 0) is 30.7 Å². The highest BCUT2D eigenvalue weighted by atomic mass is 35.5. The number of ether oxygens (including phenoxy) is 2. The Morgan fingerprint density at radius 3 is 2.74 bits per heavy atom. The third kappa shape index (κ3) is 5.24. The first-order chi connectivity index (χ1) is 10.9. The molecule has 23 heavy (non-hydrogen) atoms. The van der Waals surface area contributed by atoms with Crippen LogP contribution in [0, 0.1) is 0 Å². The molecular formula is C15H23ClN2O4S. The molecule has 1 aliphatic rings. The van der Waals surface area contributed by atoms with E-state index in [0.29, 0.717) is 49.4 Å². The van der Waals surface area contributed by atoms with E-state index in [4.69, 9.17) is 21.1 Å². The summed E-state index contributed by atoms with van der Waals surface area (Å²) >= 11 is 6.19. The summed E-state index contributed by atoms with van der Waals surface area (Å²) in [4.78, 5) is 0. The lowest BCUT2D eigenvalue weighted by Gasteiger charge is -2.20. The highest BCUT2D eigenvalue weighted by Crippen LogP contribution is 2.38. The maximum absolute atomic E-state index is 11.5. The van der Waals surface area contributed by atoms with Gasteiger partial charge in [-0.3, -0.25) is 0 Å². The molecule has 0 aliphatic carbocycles. The first-order valence-corrected chi connectivity index (χ1v) is 9.88. The van der Waals surface area contributed by atoms with Gasteiger partial charge in [0.15, 0.2) is 11.5 Å². The monoisotopic (exact) mass is 362 g/mol. The van der Waals surface area contributed by atoms with Crippen molar-refractivity contribution in [2.45, 2.75) is 19.9 Å². The van der Waals surface area contributed by atoms with Gasteiger partial charge in [0.05, 0.1) is 11.3 Å². The SMILES string of the molecule is CCN(CCCNCc1cc(Cl)c2c(c1)OCCO2)S(C)(=O)=O. The van der Waals surface area contributed by atoms with Crippen LogP contribution >= 0.6 is 11.6 Å². The molecule has 2 rings (SSSR count). The Balaban J connectivity index is 1.80. The summed E-state index contributed by atoms with van der Waals surface area (Å²) in [5, 5.41) is 3.84. The molecule has 6 nitrogen and oxygen atoms in total. The van der Waals surface area contributed by atoms with E-state index in [1.807, 2.05) is 19.1 Å². The van der Waals surface area contributed by atoms with E-state index >= 15 is 0 Å². The smallest absolute Gasteiger partial charge is 0.211 e. The Morgan fingerprint density at radius 2 is 2.04 bits per heavy atom. The topological polar surface area (TPSA) is 67.9 Å². The summed E-state index contributed by atoms with van der Waals surface area (Å²) in [6.45, 7) is 5.25. The van der Waals surface area contributed by atoms with E-state index in [0.717, 1.165) is 18.5 Å². The van der Waals surface area contributed by atoms with Gasteiger partial charge in [-0.1, -0.05) is 18.5 Å². The Hall–Kier alpha value is -1.02. The molecule has 1 aromatic rings. The third-order valence-corrected chi connectivity index (χ3v) is 5.23. The zero-order chi connectivity index (χ0) is 16.9. The Labute approximate surface area is 142 Å². The van der Waals surface area contributed by atoms with Gasteiger partial charge in [0.2, 0.25) is 10.0 Å². The second kappa shape index (κ2) is 8.19. The summed E-state index contributed by atoms with van der Waals surface area (Å²) in [5.41, 5.74) is 1.01. The number of benzene rings is 1. The van der Waals surface area contributed by atoms with Crippen molar-refractivity contribution in [3.8, 4) is 11.5 Å². The predicted octanol–water partition coefficient (Wildman–Crippen LogP) is 1.87. The maximum Gasteiger partial charge on any atom is 0.211 e. The van der Waals surface area contributed by atoms with Crippen LogP contribution < -0.4 is 14.8 Å². The third-order valence-electron chi connectivity index (χ3n) is 3.57. The Kier molecular flexibility index (Phi) is 6.52. The van der Waals surface area contributed by atoms with Crippen molar-refractivity contribution in [2.24, 2.45) is 0 Å². The molecule has 130 valence electrons. The highest BCUT2D eigenvalue weighted by molar-refractivity contribution is 7.88. The van der Waals surface area contributed by atoms with E-state index in [1.54, 1.807) is 0 Å². The first-order valence-electron chi connectivity index (χ1n) is 7.65. The minimum absolute atomic E-state index is 0.497. The number of fused-ring (bicyclic) bond motifs is 1. The highest BCUT2D eigenvalue weighted by Gasteiger charge is 2.16. The van der Waals surface area contributed by atoms with Crippen molar-refractivity contribution in [3.63, 3.8) is 0 Å². The van der Waals surface area contributed by atoms with E-state index in [1.165, 1.54) is 10.6 Å². The van der Waals surface area contributed by atoms with E-state index < -0.39 is 10.0 Å². The van der Waals surface area contributed by atoms with Gasteiger partial charge in [-0.2, -0.15) is 0 Å². The molecule has 0 saturated heterocycles. The normalized spacial score (nSPS) is 14.3. The molecule has 0 bridgehead atoms. The van der Waals surface area contributed by atoms with Gasteiger partial charge in [0.25, 0.3) is 0 Å².